The van der Waals surface area contributed by atoms with Crippen molar-refractivity contribution in [3.63, 3.8) is 0 Å². The van der Waals surface area contributed by atoms with Crippen molar-refractivity contribution in [2.24, 2.45) is 0 Å². The van der Waals surface area contributed by atoms with Crippen LogP contribution in [0, 0.1) is 17.0 Å². The fourth-order valence-electron chi connectivity index (χ4n) is 2.64. The van der Waals surface area contributed by atoms with E-state index in [4.69, 9.17) is 0 Å². The average Bonchev–Trinajstić information content (AvgIpc) is 2.53. The summed E-state index contributed by atoms with van der Waals surface area (Å²) in [6.07, 6.45) is 6.21. The molecule has 0 aliphatic rings. The molecule has 2 rings (SSSR count). The Labute approximate surface area is 135 Å². The summed E-state index contributed by atoms with van der Waals surface area (Å²) in [6, 6.07) is 8.13. The fraction of sp³-hybridized carbons (Fsp3) is 0.389. The van der Waals surface area contributed by atoms with Crippen LogP contribution in [0.5, 0.6) is 0 Å². The number of unbranched alkanes of at least 4 members (excludes halogenated alkanes) is 3. The van der Waals surface area contributed by atoms with Crippen molar-refractivity contribution in [3.8, 4) is 11.1 Å². The van der Waals surface area contributed by atoms with Crippen molar-refractivity contribution >= 4 is 5.69 Å². The molecule has 5 nitrogen and oxygen atoms in total. The topological polar surface area (TPSA) is 65.1 Å². The lowest BCUT2D eigenvalue weighted by molar-refractivity contribution is -0.384. The maximum atomic E-state index is 12.1. The predicted molar refractivity (Wildman–Crippen MR) is 91.7 cm³/mol. The molecule has 122 valence electrons. The molecule has 0 radical (unpaired) electrons. The quantitative estimate of drug-likeness (QED) is 0.434. The molecule has 23 heavy (non-hydrogen) atoms. The molecule has 0 aliphatic heterocycles. The first-order valence-electron chi connectivity index (χ1n) is 7.99. The van der Waals surface area contributed by atoms with Gasteiger partial charge in [-0.25, -0.2) is 0 Å². The number of nitro groups is 1. The lowest BCUT2D eigenvalue weighted by Crippen LogP contribution is -2.19. The van der Waals surface area contributed by atoms with Gasteiger partial charge in [-0.15, -0.1) is 0 Å². The number of hydrogen-bond donors (Lipinski definition) is 0. The summed E-state index contributed by atoms with van der Waals surface area (Å²) in [4.78, 5) is 22.7. The Balaban J connectivity index is 2.33. The van der Waals surface area contributed by atoms with Crippen LogP contribution in [0.3, 0.4) is 0 Å². The Bertz CT molecular complexity index is 750. The van der Waals surface area contributed by atoms with Crippen LogP contribution >= 0.6 is 0 Å². The van der Waals surface area contributed by atoms with Crippen molar-refractivity contribution in [1.82, 2.24) is 4.57 Å². The van der Waals surface area contributed by atoms with E-state index in [1.54, 1.807) is 22.8 Å². The zero-order chi connectivity index (χ0) is 16.8. The number of aryl methyl sites for hydroxylation is 2. The van der Waals surface area contributed by atoms with Crippen molar-refractivity contribution in [2.45, 2.75) is 46.1 Å². The molecule has 0 saturated carbocycles. The highest BCUT2D eigenvalue weighted by molar-refractivity contribution is 5.68. The number of benzene rings is 1. The minimum absolute atomic E-state index is 0.0202. The average molecular weight is 314 g/mol. The molecule has 0 bridgehead atoms. The lowest BCUT2D eigenvalue weighted by Gasteiger charge is -2.11. The van der Waals surface area contributed by atoms with Crippen LogP contribution in [-0.2, 0) is 6.54 Å². The number of non-ortho nitro benzene ring substituents is 1. The summed E-state index contributed by atoms with van der Waals surface area (Å²) in [7, 11) is 0. The summed E-state index contributed by atoms with van der Waals surface area (Å²) in [5.74, 6) is 0. The number of hydrogen-bond acceptors (Lipinski definition) is 3. The molecule has 1 heterocycles. The smallest absolute Gasteiger partial charge is 0.270 e. The van der Waals surface area contributed by atoms with Crippen LogP contribution in [0.25, 0.3) is 11.1 Å². The van der Waals surface area contributed by atoms with Gasteiger partial charge in [-0.3, -0.25) is 14.9 Å². The van der Waals surface area contributed by atoms with E-state index in [0.29, 0.717) is 6.54 Å². The zero-order valence-corrected chi connectivity index (χ0v) is 13.6. The fourth-order valence-corrected chi connectivity index (χ4v) is 2.64. The number of pyridine rings is 1. The second kappa shape index (κ2) is 7.72. The van der Waals surface area contributed by atoms with Gasteiger partial charge in [-0.2, -0.15) is 0 Å². The van der Waals surface area contributed by atoms with Crippen LogP contribution < -0.4 is 5.56 Å². The molecule has 1 aromatic heterocycles. The molecule has 0 atom stereocenters. The number of nitrogens with zero attached hydrogens (tertiary/aromatic N) is 2. The monoisotopic (exact) mass is 314 g/mol. The van der Waals surface area contributed by atoms with E-state index in [1.807, 2.05) is 19.2 Å². The molecule has 0 spiro atoms. The summed E-state index contributed by atoms with van der Waals surface area (Å²) in [5, 5.41) is 10.9. The SMILES string of the molecule is CCCCCCn1cc(-c2cccc([N+](=O)[O-])c2)c(C)cc1=O. The van der Waals surface area contributed by atoms with E-state index in [2.05, 4.69) is 6.92 Å². The van der Waals surface area contributed by atoms with Crippen LogP contribution in [-0.4, -0.2) is 9.49 Å². The summed E-state index contributed by atoms with van der Waals surface area (Å²) >= 11 is 0. The highest BCUT2D eigenvalue weighted by Crippen LogP contribution is 2.25. The maximum absolute atomic E-state index is 12.1. The van der Waals surface area contributed by atoms with Crippen molar-refractivity contribution in [2.75, 3.05) is 0 Å². The van der Waals surface area contributed by atoms with Gasteiger partial charge < -0.3 is 4.57 Å². The van der Waals surface area contributed by atoms with E-state index >= 15 is 0 Å². The zero-order valence-electron chi connectivity index (χ0n) is 13.6. The number of rotatable bonds is 7. The first-order valence-corrected chi connectivity index (χ1v) is 7.99. The van der Waals surface area contributed by atoms with Crippen LogP contribution in [0.4, 0.5) is 5.69 Å². The molecule has 0 saturated heterocycles. The Morgan fingerprint density at radius 2 is 1.96 bits per heavy atom. The van der Waals surface area contributed by atoms with E-state index in [-0.39, 0.29) is 11.2 Å². The number of aromatic nitrogens is 1. The predicted octanol–water partition coefficient (Wildman–Crippen LogP) is 4.31. The van der Waals surface area contributed by atoms with Crippen molar-refractivity contribution in [3.05, 3.63) is 62.6 Å². The number of nitro benzene ring substituents is 1. The van der Waals surface area contributed by atoms with Gasteiger partial charge in [0.1, 0.15) is 0 Å². The maximum Gasteiger partial charge on any atom is 0.270 e. The second-order valence-electron chi connectivity index (χ2n) is 5.77. The molecular weight excluding hydrogens is 292 g/mol. The summed E-state index contributed by atoms with van der Waals surface area (Å²) in [6.45, 7) is 4.69. The van der Waals surface area contributed by atoms with Gasteiger partial charge in [-0.1, -0.05) is 38.3 Å². The lowest BCUT2D eigenvalue weighted by atomic mass is 10.0. The summed E-state index contributed by atoms with van der Waals surface area (Å²) < 4.78 is 1.71. The molecular formula is C18H22N2O3. The molecule has 0 amide bonds. The Morgan fingerprint density at radius 1 is 1.17 bits per heavy atom. The molecule has 0 aliphatic carbocycles. The van der Waals surface area contributed by atoms with Gasteiger partial charge in [0.25, 0.3) is 11.2 Å². The molecule has 2 aromatic rings. The third-order valence-electron chi connectivity index (χ3n) is 3.95. The van der Waals surface area contributed by atoms with Crippen molar-refractivity contribution < 1.29 is 4.92 Å². The second-order valence-corrected chi connectivity index (χ2v) is 5.77. The molecule has 0 N–H and O–H groups in total. The Hall–Kier alpha value is -2.43. The van der Waals surface area contributed by atoms with Crippen LogP contribution in [0.1, 0.15) is 38.2 Å². The van der Waals surface area contributed by atoms with Gasteiger partial charge in [0, 0.05) is 36.5 Å². The highest BCUT2D eigenvalue weighted by atomic mass is 16.6. The summed E-state index contributed by atoms with van der Waals surface area (Å²) in [5.41, 5.74) is 2.50. The Morgan fingerprint density at radius 3 is 2.65 bits per heavy atom. The van der Waals surface area contributed by atoms with Gasteiger partial charge in [0.2, 0.25) is 0 Å². The first-order chi connectivity index (χ1) is 11.0. The molecule has 1 aromatic carbocycles. The first kappa shape index (κ1) is 16.9. The molecule has 0 unspecified atom stereocenters. The highest BCUT2D eigenvalue weighted by Gasteiger charge is 2.10. The standard InChI is InChI=1S/C18H22N2O3/c1-3-4-5-6-10-19-13-17(14(2)11-18(19)21)15-8-7-9-16(12-15)20(22)23/h7-9,11-13H,3-6,10H2,1-2H3. The van der Waals surface area contributed by atoms with Crippen LogP contribution in [0.15, 0.2) is 41.3 Å². The molecule has 5 heteroatoms. The normalized spacial score (nSPS) is 10.7. The minimum atomic E-state index is -0.403. The van der Waals surface area contributed by atoms with Gasteiger partial charge in [0.15, 0.2) is 0 Å². The van der Waals surface area contributed by atoms with E-state index in [9.17, 15) is 14.9 Å². The largest absolute Gasteiger partial charge is 0.315 e. The van der Waals surface area contributed by atoms with Crippen molar-refractivity contribution in [1.29, 1.82) is 0 Å². The van der Waals surface area contributed by atoms with Gasteiger partial charge in [0.05, 0.1) is 4.92 Å². The van der Waals surface area contributed by atoms with Gasteiger partial charge >= 0.3 is 0 Å². The van der Waals surface area contributed by atoms with E-state index < -0.39 is 4.92 Å². The van der Waals surface area contributed by atoms with Gasteiger partial charge in [-0.05, 0) is 24.5 Å². The Kier molecular flexibility index (Phi) is 5.68. The van der Waals surface area contributed by atoms with E-state index in [1.165, 1.54) is 12.5 Å². The third kappa shape index (κ3) is 4.28. The third-order valence-corrected chi connectivity index (χ3v) is 3.95. The molecule has 0 fully saturated rings. The minimum Gasteiger partial charge on any atom is -0.315 e. The van der Waals surface area contributed by atoms with E-state index in [0.717, 1.165) is 36.0 Å². The van der Waals surface area contributed by atoms with Crippen LogP contribution in [0.2, 0.25) is 0 Å².